The fraction of sp³-hybridized carbons (Fsp3) is 0.286. The lowest BCUT2D eigenvalue weighted by Gasteiger charge is -2.10. The van der Waals surface area contributed by atoms with Gasteiger partial charge in [0.05, 0.1) is 25.9 Å². The van der Waals surface area contributed by atoms with Crippen molar-refractivity contribution >= 4 is 16.9 Å². The summed E-state index contributed by atoms with van der Waals surface area (Å²) in [5.74, 6) is -0.831. The first kappa shape index (κ1) is 14.2. The molecular formula is C14H14FNO4. The first-order valence-electron chi connectivity index (χ1n) is 6.05. The van der Waals surface area contributed by atoms with Crippen molar-refractivity contribution in [1.82, 2.24) is 4.98 Å². The highest BCUT2D eigenvalue weighted by Gasteiger charge is 2.15. The van der Waals surface area contributed by atoms with Gasteiger partial charge in [0.15, 0.2) is 0 Å². The Labute approximate surface area is 115 Å². The molecule has 2 aromatic rings. The van der Waals surface area contributed by atoms with Crippen LogP contribution in [-0.2, 0) is 11.3 Å². The standard InChI is InChI=1S/C14H14FNO4/c1-3-20-14(18)9-4-8-5-10(15)11(7-17)16-13(8)12(6-9)19-2/h4-6,17H,3,7H2,1-2H3. The van der Waals surface area contributed by atoms with E-state index in [0.717, 1.165) is 0 Å². The summed E-state index contributed by atoms with van der Waals surface area (Å²) in [5.41, 5.74) is 0.569. The zero-order valence-electron chi connectivity index (χ0n) is 11.1. The van der Waals surface area contributed by atoms with E-state index >= 15 is 0 Å². The quantitative estimate of drug-likeness (QED) is 0.867. The van der Waals surface area contributed by atoms with Crippen LogP contribution in [-0.4, -0.2) is 29.8 Å². The second-order valence-corrected chi connectivity index (χ2v) is 4.05. The van der Waals surface area contributed by atoms with Crippen molar-refractivity contribution in [1.29, 1.82) is 0 Å². The van der Waals surface area contributed by atoms with E-state index in [1.165, 1.54) is 25.3 Å². The van der Waals surface area contributed by atoms with Gasteiger partial charge >= 0.3 is 5.97 Å². The van der Waals surface area contributed by atoms with E-state index in [9.17, 15) is 9.18 Å². The summed E-state index contributed by atoms with van der Waals surface area (Å²) in [6, 6.07) is 4.17. The van der Waals surface area contributed by atoms with Crippen molar-refractivity contribution in [3.05, 3.63) is 35.3 Å². The van der Waals surface area contributed by atoms with Crippen LogP contribution < -0.4 is 4.74 Å². The number of methoxy groups -OCH3 is 1. The lowest BCUT2D eigenvalue weighted by Crippen LogP contribution is -2.06. The molecule has 0 bridgehead atoms. The van der Waals surface area contributed by atoms with Gasteiger partial charge in [0.2, 0.25) is 0 Å². The molecule has 5 nitrogen and oxygen atoms in total. The Bertz CT molecular complexity index is 657. The smallest absolute Gasteiger partial charge is 0.338 e. The summed E-state index contributed by atoms with van der Waals surface area (Å²) in [5, 5.41) is 9.44. The first-order valence-corrected chi connectivity index (χ1v) is 6.05. The maximum absolute atomic E-state index is 13.7. The highest BCUT2D eigenvalue weighted by atomic mass is 19.1. The number of esters is 1. The molecule has 1 aromatic carbocycles. The van der Waals surface area contributed by atoms with Crippen LogP contribution in [0, 0.1) is 5.82 Å². The van der Waals surface area contributed by atoms with Gasteiger partial charge in [-0.3, -0.25) is 0 Å². The Balaban J connectivity index is 2.64. The fourth-order valence-corrected chi connectivity index (χ4v) is 1.87. The van der Waals surface area contributed by atoms with Crippen molar-refractivity contribution in [2.75, 3.05) is 13.7 Å². The molecule has 0 unspecified atom stereocenters. The molecule has 0 spiro atoms. The number of hydrogen-bond donors (Lipinski definition) is 1. The monoisotopic (exact) mass is 279 g/mol. The number of pyridine rings is 1. The number of benzene rings is 1. The van der Waals surface area contributed by atoms with Crippen LogP contribution in [0.2, 0.25) is 0 Å². The summed E-state index contributed by atoms with van der Waals surface area (Å²) in [4.78, 5) is 15.7. The van der Waals surface area contributed by atoms with Crippen LogP contribution in [0.3, 0.4) is 0 Å². The van der Waals surface area contributed by atoms with E-state index in [1.54, 1.807) is 6.92 Å². The molecule has 0 saturated carbocycles. The molecule has 2 rings (SSSR count). The van der Waals surface area contributed by atoms with Crippen molar-refractivity contribution in [2.45, 2.75) is 13.5 Å². The Morgan fingerprint density at radius 1 is 1.40 bits per heavy atom. The molecule has 6 heteroatoms. The number of aromatic nitrogens is 1. The summed E-state index contributed by atoms with van der Waals surface area (Å²) in [7, 11) is 1.42. The molecule has 0 amide bonds. The second-order valence-electron chi connectivity index (χ2n) is 4.05. The van der Waals surface area contributed by atoms with Gasteiger partial charge in [0.1, 0.15) is 22.8 Å². The van der Waals surface area contributed by atoms with E-state index in [4.69, 9.17) is 14.6 Å². The highest BCUT2D eigenvalue weighted by Crippen LogP contribution is 2.27. The first-order chi connectivity index (χ1) is 9.60. The average Bonchev–Trinajstić information content (AvgIpc) is 2.45. The number of hydrogen-bond acceptors (Lipinski definition) is 5. The minimum atomic E-state index is -0.636. The molecular weight excluding hydrogens is 265 g/mol. The van der Waals surface area contributed by atoms with Crippen molar-refractivity contribution in [2.24, 2.45) is 0 Å². The fourth-order valence-electron chi connectivity index (χ4n) is 1.87. The number of rotatable bonds is 4. The minimum Gasteiger partial charge on any atom is -0.494 e. The lowest BCUT2D eigenvalue weighted by molar-refractivity contribution is 0.0526. The summed E-state index contributed by atoms with van der Waals surface area (Å²) >= 11 is 0. The van der Waals surface area contributed by atoms with Gasteiger partial charge in [-0.2, -0.15) is 0 Å². The number of aliphatic hydroxyl groups excluding tert-OH is 1. The van der Waals surface area contributed by atoms with Gasteiger partial charge in [-0.15, -0.1) is 0 Å². The number of fused-ring (bicyclic) bond motifs is 1. The van der Waals surface area contributed by atoms with Crippen molar-refractivity contribution in [3.63, 3.8) is 0 Å². The van der Waals surface area contributed by atoms with E-state index in [0.29, 0.717) is 16.7 Å². The average molecular weight is 279 g/mol. The zero-order valence-corrected chi connectivity index (χ0v) is 11.1. The molecule has 106 valence electrons. The lowest BCUT2D eigenvalue weighted by atomic mass is 10.1. The number of nitrogens with zero attached hydrogens (tertiary/aromatic N) is 1. The van der Waals surface area contributed by atoms with Gasteiger partial charge in [-0.25, -0.2) is 14.2 Å². The molecule has 1 aromatic heterocycles. The summed E-state index contributed by atoms with van der Waals surface area (Å²) in [6.07, 6.45) is 0. The van der Waals surface area contributed by atoms with E-state index in [2.05, 4.69) is 4.98 Å². The van der Waals surface area contributed by atoms with Gasteiger partial charge in [-0.05, 0) is 25.1 Å². The summed E-state index contributed by atoms with van der Waals surface area (Å²) in [6.45, 7) is 1.44. The number of carbonyl (C=O) groups is 1. The van der Waals surface area contributed by atoms with E-state index in [-0.39, 0.29) is 17.9 Å². The van der Waals surface area contributed by atoms with Crippen LogP contribution in [0.1, 0.15) is 23.0 Å². The molecule has 0 saturated heterocycles. The number of halogens is 1. The molecule has 0 fully saturated rings. The minimum absolute atomic E-state index is 0.0697. The van der Waals surface area contributed by atoms with Crippen molar-refractivity contribution < 1.29 is 23.8 Å². The molecule has 0 atom stereocenters. The SMILES string of the molecule is CCOC(=O)c1cc(OC)c2nc(CO)c(F)cc2c1. The molecule has 0 radical (unpaired) electrons. The summed E-state index contributed by atoms with van der Waals surface area (Å²) < 4.78 is 23.7. The van der Waals surface area contributed by atoms with Gasteiger partial charge in [-0.1, -0.05) is 0 Å². The van der Waals surface area contributed by atoms with Gasteiger partial charge in [0, 0.05) is 5.39 Å². The Hall–Kier alpha value is -2.21. The van der Waals surface area contributed by atoms with E-state index < -0.39 is 18.4 Å². The van der Waals surface area contributed by atoms with Crippen LogP contribution >= 0.6 is 0 Å². The molecule has 1 N–H and O–H groups in total. The third kappa shape index (κ3) is 2.55. The third-order valence-corrected chi connectivity index (χ3v) is 2.79. The van der Waals surface area contributed by atoms with Crippen molar-refractivity contribution in [3.8, 4) is 5.75 Å². The van der Waals surface area contributed by atoms with Gasteiger partial charge in [0.25, 0.3) is 0 Å². The number of ether oxygens (including phenoxy) is 2. The van der Waals surface area contributed by atoms with Crippen LogP contribution in [0.15, 0.2) is 18.2 Å². The van der Waals surface area contributed by atoms with Crippen LogP contribution in [0.25, 0.3) is 10.9 Å². The number of carbonyl (C=O) groups excluding carboxylic acids is 1. The molecule has 1 heterocycles. The van der Waals surface area contributed by atoms with Crippen LogP contribution in [0.4, 0.5) is 4.39 Å². The zero-order chi connectivity index (χ0) is 14.7. The Morgan fingerprint density at radius 2 is 2.15 bits per heavy atom. The topological polar surface area (TPSA) is 68.7 Å². The normalized spacial score (nSPS) is 10.6. The molecule has 20 heavy (non-hydrogen) atoms. The second kappa shape index (κ2) is 5.83. The maximum atomic E-state index is 13.7. The van der Waals surface area contributed by atoms with Gasteiger partial charge < -0.3 is 14.6 Å². The molecule has 0 aliphatic rings. The highest BCUT2D eigenvalue weighted by molar-refractivity contribution is 5.97. The maximum Gasteiger partial charge on any atom is 0.338 e. The predicted molar refractivity (Wildman–Crippen MR) is 70.1 cm³/mol. The number of aliphatic hydroxyl groups is 1. The molecule has 0 aliphatic heterocycles. The Kier molecular flexibility index (Phi) is 4.14. The third-order valence-electron chi connectivity index (χ3n) is 2.79. The van der Waals surface area contributed by atoms with Crippen LogP contribution in [0.5, 0.6) is 5.75 Å². The largest absolute Gasteiger partial charge is 0.494 e. The Morgan fingerprint density at radius 3 is 2.75 bits per heavy atom. The predicted octanol–water partition coefficient (Wildman–Crippen LogP) is 2.05. The molecule has 0 aliphatic carbocycles. The van der Waals surface area contributed by atoms with E-state index in [1.807, 2.05) is 0 Å².